The molecule has 0 radical (unpaired) electrons. The minimum atomic E-state index is -0.0112. The fourth-order valence-electron chi connectivity index (χ4n) is 1.70. The van der Waals surface area contributed by atoms with Gasteiger partial charge in [0.15, 0.2) is 5.78 Å². The first kappa shape index (κ1) is 11.5. The Hall–Kier alpha value is -2.03. The van der Waals surface area contributed by atoms with E-state index in [2.05, 4.69) is 17.1 Å². The summed E-state index contributed by atoms with van der Waals surface area (Å²) in [7, 11) is 0. The molecule has 0 atom stereocenters. The Kier molecular flexibility index (Phi) is 3.60. The van der Waals surface area contributed by atoms with E-state index in [1.54, 1.807) is 6.07 Å². The highest BCUT2D eigenvalue weighted by Gasteiger charge is 2.08. The van der Waals surface area contributed by atoms with Gasteiger partial charge in [-0.2, -0.15) is 10.2 Å². The zero-order valence-corrected chi connectivity index (χ0v) is 9.76. The molecule has 0 aliphatic heterocycles. The predicted octanol–water partition coefficient (Wildman–Crippen LogP) is 2.66. The van der Waals surface area contributed by atoms with Crippen molar-refractivity contribution in [2.24, 2.45) is 0 Å². The Morgan fingerprint density at radius 1 is 1.06 bits per heavy atom. The first-order valence-corrected chi connectivity index (χ1v) is 5.71. The van der Waals surface area contributed by atoms with Crippen LogP contribution in [0.1, 0.15) is 34.8 Å². The molecule has 0 saturated heterocycles. The lowest BCUT2D eigenvalue weighted by atomic mass is 10.0. The highest BCUT2D eigenvalue weighted by molar-refractivity contribution is 6.08. The van der Waals surface area contributed by atoms with Crippen LogP contribution in [0.5, 0.6) is 0 Å². The van der Waals surface area contributed by atoms with Crippen LogP contribution in [0, 0.1) is 0 Å². The van der Waals surface area contributed by atoms with Gasteiger partial charge in [-0.1, -0.05) is 37.6 Å². The van der Waals surface area contributed by atoms with Crippen molar-refractivity contribution in [2.75, 3.05) is 0 Å². The van der Waals surface area contributed by atoms with Crippen LogP contribution in [-0.2, 0) is 6.42 Å². The van der Waals surface area contributed by atoms with Gasteiger partial charge >= 0.3 is 0 Å². The van der Waals surface area contributed by atoms with Gasteiger partial charge in [0.05, 0.1) is 12.4 Å². The monoisotopic (exact) mass is 226 g/mol. The summed E-state index contributed by atoms with van der Waals surface area (Å²) in [5, 5.41) is 7.37. The van der Waals surface area contributed by atoms with Crippen molar-refractivity contribution in [1.29, 1.82) is 0 Å². The number of ketones is 1. The minimum Gasteiger partial charge on any atom is -0.289 e. The third-order valence-corrected chi connectivity index (χ3v) is 2.60. The van der Waals surface area contributed by atoms with E-state index in [0.29, 0.717) is 11.1 Å². The number of rotatable bonds is 4. The number of benzene rings is 1. The van der Waals surface area contributed by atoms with E-state index < -0.39 is 0 Å². The standard InChI is InChI=1S/C14H14N2O/c1-2-3-11-4-6-12(7-5-11)14(17)13-8-9-15-16-10-13/h4-10H,2-3H2,1H3. The molecule has 3 nitrogen and oxygen atoms in total. The maximum absolute atomic E-state index is 12.0. The van der Waals surface area contributed by atoms with Gasteiger partial charge in [-0.05, 0) is 18.1 Å². The summed E-state index contributed by atoms with van der Waals surface area (Å²) in [6.07, 6.45) is 5.17. The molecule has 1 aromatic carbocycles. The Morgan fingerprint density at radius 3 is 2.41 bits per heavy atom. The smallest absolute Gasteiger partial charge is 0.194 e. The second-order valence-corrected chi connectivity index (χ2v) is 3.91. The lowest BCUT2D eigenvalue weighted by molar-refractivity contribution is 0.103. The first-order chi connectivity index (χ1) is 8.31. The number of carbonyl (C=O) groups excluding carboxylic acids is 1. The van der Waals surface area contributed by atoms with Crippen molar-refractivity contribution < 1.29 is 4.79 Å². The van der Waals surface area contributed by atoms with Crippen molar-refractivity contribution >= 4 is 5.78 Å². The van der Waals surface area contributed by atoms with Crippen LogP contribution < -0.4 is 0 Å². The number of aryl methyl sites for hydroxylation is 1. The van der Waals surface area contributed by atoms with Gasteiger partial charge in [0.2, 0.25) is 0 Å². The van der Waals surface area contributed by atoms with E-state index in [4.69, 9.17) is 0 Å². The van der Waals surface area contributed by atoms with Crippen LogP contribution in [0.3, 0.4) is 0 Å². The van der Waals surface area contributed by atoms with Gasteiger partial charge in [-0.3, -0.25) is 4.79 Å². The van der Waals surface area contributed by atoms with Crippen LogP contribution in [-0.4, -0.2) is 16.0 Å². The van der Waals surface area contributed by atoms with E-state index in [1.807, 2.05) is 24.3 Å². The maximum atomic E-state index is 12.0. The van der Waals surface area contributed by atoms with Crippen LogP contribution in [0.25, 0.3) is 0 Å². The lowest BCUT2D eigenvalue weighted by Gasteiger charge is -2.02. The molecule has 2 aromatic rings. The van der Waals surface area contributed by atoms with Gasteiger partial charge in [0, 0.05) is 11.1 Å². The summed E-state index contributed by atoms with van der Waals surface area (Å²) in [5.41, 5.74) is 2.53. The second-order valence-electron chi connectivity index (χ2n) is 3.91. The molecule has 0 fully saturated rings. The predicted molar refractivity (Wildman–Crippen MR) is 65.9 cm³/mol. The maximum Gasteiger partial charge on any atom is 0.194 e. The van der Waals surface area contributed by atoms with Gasteiger partial charge in [0.1, 0.15) is 0 Å². The zero-order chi connectivity index (χ0) is 12.1. The van der Waals surface area contributed by atoms with Gasteiger partial charge < -0.3 is 0 Å². The Morgan fingerprint density at radius 2 is 1.82 bits per heavy atom. The van der Waals surface area contributed by atoms with Crippen molar-refractivity contribution in [3.05, 3.63) is 59.4 Å². The van der Waals surface area contributed by atoms with Crippen molar-refractivity contribution in [2.45, 2.75) is 19.8 Å². The molecule has 0 N–H and O–H groups in total. The highest BCUT2D eigenvalue weighted by atomic mass is 16.1. The molecule has 3 heteroatoms. The van der Waals surface area contributed by atoms with Crippen molar-refractivity contribution in [3.63, 3.8) is 0 Å². The molecule has 86 valence electrons. The average Bonchev–Trinajstić information content (AvgIpc) is 2.40. The average molecular weight is 226 g/mol. The molecule has 2 rings (SSSR count). The Labute approximate surface area is 101 Å². The molecule has 0 unspecified atom stereocenters. The number of hydrogen-bond acceptors (Lipinski definition) is 3. The quantitative estimate of drug-likeness (QED) is 0.753. The molecule has 17 heavy (non-hydrogen) atoms. The number of hydrogen-bond donors (Lipinski definition) is 0. The van der Waals surface area contributed by atoms with Crippen LogP contribution >= 0.6 is 0 Å². The summed E-state index contributed by atoms with van der Waals surface area (Å²) in [5.74, 6) is -0.0112. The fourth-order valence-corrected chi connectivity index (χ4v) is 1.70. The first-order valence-electron chi connectivity index (χ1n) is 5.71. The summed E-state index contributed by atoms with van der Waals surface area (Å²) in [6.45, 7) is 2.14. The van der Waals surface area contributed by atoms with E-state index in [1.165, 1.54) is 18.0 Å². The molecule has 0 amide bonds. The lowest BCUT2D eigenvalue weighted by Crippen LogP contribution is -2.02. The topological polar surface area (TPSA) is 42.9 Å². The molecule has 1 aromatic heterocycles. The number of aromatic nitrogens is 2. The van der Waals surface area contributed by atoms with Gasteiger partial charge in [-0.15, -0.1) is 0 Å². The fraction of sp³-hybridized carbons (Fsp3) is 0.214. The summed E-state index contributed by atoms with van der Waals surface area (Å²) < 4.78 is 0. The molecule has 0 saturated carbocycles. The summed E-state index contributed by atoms with van der Waals surface area (Å²) in [4.78, 5) is 12.0. The van der Waals surface area contributed by atoms with E-state index >= 15 is 0 Å². The molecular formula is C14H14N2O. The van der Waals surface area contributed by atoms with E-state index in [0.717, 1.165) is 12.8 Å². The zero-order valence-electron chi connectivity index (χ0n) is 9.76. The molecule has 0 aliphatic carbocycles. The second kappa shape index (κ2) is 5.34. The molecule has 1 heterocycles. The number of carbonyl (C=O) groups is 1. The molecule has 0 aliphatic rings. The third-order valence-electron chi connectivity index (χ3n) is 2.60. The SMILES string of the molecule is CCCc1ccc(C(=O)c2ccnnc2)cc1. The molecule has 0 bridgehead atoms. The van der Waals surface area contributed by atoms with E-state index in [9.17, 15) is 4.79 Å². The number of nitrogens with zero attached hydrogens (tertiary/aromatic N) is 2. The van der Waals surface area contributed by atoms with Crippen molar-refractivity contribution in [1.82, 2.24) is 10.2 Å². The van der Waals surface area contributed by atoms with Crippen molar-refractivity contribution in [3.8, 4) is 0 Å². The Bertz CT molecular complexity index is 491. The van der Waals surface area contributed by atoms with Gasteiger partial charge in [-0.25, -0.2) is 0 Å². The highest BCUT2D eigenvalue weighted by Crippen LogP contribution is 2.11. The van der Waals surface area contributed by atoms with Crippen LogP contribution in [0.4, 0.5) is 0 Å². The Balaban J connectivity index is 2.20. The summed E-state index contributed by atoms with van der Waals surface area (Å²) in [6, 6.07) is 9.42. The third kappa shape index (κ3) is 2.75. The minimum absolute atomic E-state index is 0.0112. The van der Waals surface area contributed by atoms with Crippen LogP contribution in [0.2, 0.25) is 0 Å². The normalized spacial score (nSPS) is 10.2. The van der Waals surface area contributed by atoms with E-state index in [-0.39, 0.29) is 5.78 Å². The molecular weight excluding hydrogens is 212 g/mol. The van der Waals surface area contributed by atoms with Gasteiger partial charge in [0.25, 0.3) is 0 Å². The summed E-state index contributed by atoms with van der Waals surface area (Å²) >= 11 is 0. The van der Waals surface area contributed by atoms with Crippen LogP contribution in [0.15, 0.2) is 42.7 Å². The largest absolute Gasteiger partial charge is 0.289 e. The molecule has 0 spiro atoms.